The lowest BCUT2D eigenvalue weighted by Crippen LogP contribution is -2.35. The fourth-order valence-corrected chi connectivity index (χ4v) is 1.94. The minimum Gasteiger partial charge on any atom is -0.351 e. The second kappa shape index (κ2) is 4.19. The molecule has 15 heavy (non-hydrogen) atoms. The van der Waals surface area contributed by atoms with Gasteiger partial charge < -0.3 is 5.32 Å². The van der Waals surface area contributed by atoms with E-state index in [9.17, 15) is 4.79 Å². The Morgan fingerprint density at radius 3 is 2.93 bits per heavy atom. The van der Waals surface area contributed by atoms with Crippen LogP contribution in [0.4, 0.5) is 0 Å². The smallest absolute Gasteiger partial charge is 0.228 e. The largest absolute Gasteiger partial charge is 0.351 e. The van der Waals surface area contributed by atoms with Gasteiger partial charge in [-0.05, 0) is 17.5 Å². The van der Waals surface area contributed by atoms with Gasteiger partial charge in [-0.2, -0.15) is 0 Å². The first kappa shape index (κ1) is 10.4. The summed E-state index contributed by atoms with van der Waals surface area (Å²) in [5.74, 6) is 0.127. The van der Waals surface area contributed by atoms with Crippen molar-refractivity contribution in [1.29, 1.82) is 0 Å². The summed E-state index contributed by atoms with van der Waals surface area (Å²) in [6.45, 7) is 4.17. The molecule has 0 bridgehead atoms. The van der Waals surface area contributed by atoms with Crippen LogP contribution in [0.1, 0.15) is 17.0 Å². The molecule has 0 aromatic heterocycles. The number of carbonyl (C=O) groups excluding carboxylic acids is 1. The lowest BCUT2D eigenvalue weighted by molar-refractivity contribution is -0.122. The van der Waals surface area contributed by atoms with Gasteiger partial charge in [0, 0.05) is 11.0 Å². The Morgan fingerprint density at radius 1 is 1.53 bits per heavy atom. The number of hydrogen-bond acceptors (Lipinski definition) is 1. The van der Waals surface area contributed by atoms with Crippen molar-refractivity contribution in [2.75, 3.05) is 6.54 Å². The molecular formula is C12H12BrNO. The van der Waals surface area contributed by atoms with Crippen molar-refractivity contribution in [1.82, 2.24) is 5.32 Å². The predicted octanol–water partition coefficient (Wildman–Crippen LogP) is 2.35. The number of amides is 1. The Bertz CT molecular complexity index is 414. The van der Waals surface area contributed by atoms with Crippen LogP contribution in [-0.2, 0) is 11.2 Å². The number of nitrogens with one attached hydrogen (secondary N) is 1. The van der Waals surface area contributed by atoms with Gasteiger partial charge in [0.25, 0.3) is 0 Å². The van der Waals surface area contributed by atoms with Gasteiger partial charge in [0.15, 0.2) is 0 Å². The van der Waals surface area contributed by atoms with E-state index in [1.165, 1.54) is 5.56 Å². The molecular weight excluding hydrogens is 254 g/mol. The predicted molar refractivity (Wildman–Crippen MR) is 64.0 cm³/mol. The van der Waals surface area contributed by atoms with E-state index in [-0.39, 0.29) is 11.8 Å². The monoisotopic (exact) mass is 265 g/mol. The molecule has 1 aromatic carbocycles. The maximum absolute atomic E-state index is 11.7. The number of fused-ring (bicyclic) bond motifs is 1. The lowest BCUT2D eigenvalue weighted by atomic mass is 9.77. The summed E-state index contributed by atoms with van der Waals surface area (Å²) in [7, 11) is 0. The van der Waals surface area contributed by atoms with Crippen molar-refractivity contribution in [3.05, 3.63) is 46.5 Å². The third-order valence-electron chi connectivity index (χ3n) is 2.63. The van der Waals surface area contributed by atoms with E-state index in [0.717, 1.165) is 16.5 Å². The maximum atomic E-state index is 11.7. The fourth-order valence-electron chi connectivity index (χ4n) is 1.80. The highest BCUT2D eigenvalue weighted by Crippen LogP contribution is 2.34. The molecule has 1 aromatic rings. The van der Waals surface area contributed by atoms with E-state index in [1.807, 2.05) is 18.2 Å². The first-order chi connectivity index (χ1) is 7.18. The second-order valence-electron chi connectivity index (χ2n) is 3.69. The highest BCUT2D eigenvalue weighted by atomic mass is 79.9. The molecule has 1 aliphatic rings. The number of carbonyl (C=O) groups is 1. The Hall–Kier alpha value is -1.09. The quantitative estimate of drug-likeness (QED) is 0.894. The van der Waals surface area contributed by atoms with Crippen molar-refractivity contribution < 1.29 is 4.79 Å². The summed E-state index contributed by atoms with van der Waals surface area (Å²) in [6.07, 6.45) is 0.858. The minimum absolute atomic E-state index is 0.0352. The first-order valence-corrected chi connectivity index (χ1v) is 5.66. The van der Waals surface area contributed by atoms with Crippen molar-refractivity contribution in [3.8, 4) is 0 Å². The van der Waals surface area contributed by atoms with Crippen LogP contribution in [0.2, 0.25) is 0 Å². The summed E-state index contributed by atoms with van der Waals surface area (Å²) < 4.78 is 0.795. The van der Waals surface area contributed by atoms with Gasteiger partial charge in [-0.1, -0.05) is 46.8 Å². The number of benzene rings is 1. The van der Waals surface area contributed by atoms with Crippen LogP contribution < -0.4 is 5.32 Å². The molecule has 0 spiro atoms. The molecule has 0 saturated heterocycles. The molecule has 1 atom stereocenters. The van der Waals surface area contributed by atoms with E-state index in [2.05, 4.69) is 33.9 Å². The van der Waals surface area contributed by atoms with Crippen LogP contribution in [0.3, 0.4) is 0 Å². The molecule has 78 valence electrons. The van der Waals surface area contributed by atoms with Crippen LogP contribution >= 0.6 is 15.9 Å². The molecule has 1 unspecified atom stereocenters. The van der Waals surface area contributed by atoms with Crippen molar-refractivity contribution in [2.24, 2.45) is 0 Å². The fraction of sp³-hybridized carbons (Fsp3) is 0.250. The van der Waals surface area contributed by atoms with Gasteiger partial charge in [-0.25, -0.2) is 0 Å². The molecule has 1 aliphatic carbocycles. The SMILES string of the molecule is C=C(Br)CNC(=O)C1Cc2ccccc21. The average Bonchev–Trinajstić information content (AvgIpc) is 2.17. The Labute approximate surface area is 97.5 Å². The Kier molecular flexibility index (Phi) is 2.91. The number of halogens is 1. The van der Waals surface area contributed by atoms with Crippen LogP contribution in [0.15, 0.2) is 35.3 Å². The van der Waals surface area contributed by atoms with Gasteiger partial charge in [-0.15, -0.1) is 0 Å². The molecule has 2 rings (SSSR count). The Morgan fingerprint density at radius 2 is 2.27 bits per heavy atom. The zero-order valence-electron chi connectivity index (χ0n) is 8.29. The Balaban J connectivity index is 1.98. The highest BCUT2D eigenvalue weighted by Gasteiger charge is 2.31. The third-order valence-corrected chi connectivity index (χ3v) is 2.91. The normalized spacial score (nSPS) is 17.5. The summed E-state index contributed by atoms with van der Waals surface area (Å²) in [5, 5.41) is 2.84. The number of rotatable bonds is 3. The molecule has 2 nitrogen and oxygen atoms in total. The lowest BCUT2D eigenvalue weighted by Gasteiger charge is -2.28. The summed E-state index contributed by atoms with van der Waals surface area (Å²) in [6, 6.07) is 8.07. The zero-order chi connectivity index (χ0) is 10.8. The molecule has 0 fully saturated rings. The maximum Gasteiger partial charge on any atom is 0.228 e. The van der Waals surface area contributed by atoms with Crippen LogP contribution in [0.25, 0.3) is 0 Å². The van der Waals surface area contributed by atoms with E-state index in [4.69, 9.17) is 0 Å². The minimum atomic E-state index is 0.0352. The van der Waals surface area contributed by atoms with Crippen molar-refractivity contribution in [3.63, 3.8) is 0 Å². The summed E-state index contributed by atoms with van der Waals surface area (Å²) >= 11 is 3.21. The molecule has 0 saturated carbocycles. The van der Waals surface area contributed by atoms with Crippen LogP contribution in [0, 0.1) is 0 Å². The molecule has 0 heterocycles. The summed E-state index contributed by atoms with van der Waals surface area (Å²) in [4.78, 5) is 11.7. The van der Waals surface area contributed by atoms with Crippen molar-refractivity contribution in [2.45, 2.75) is 12.3 Å². The topological polar surface area (TPSA) is 29.1 Å². The van der Waals surface area contributed by atoms with E-state index < -0.39 is 0 Å². The molecule has 1 amide bonds. The van der Waals surface area contributed by atoms with Gasteiger partial charge in [0.2, 0.25) is 5.91 Å². The van der Waals surface area contributed by atoms with Crippen LogP contribution in [0.5, 0.6) is 0 Å². The summed E-state index contributed by atoms with van der Waals surface area (Å²) in [5.41, 5.74) is 2.45. The number of hydrogen-bond donors (Lipinski definition) is 1. The van der Waals surface area contributed by atoms with Gasteiger partial charge in [-0.3, -0.25) is 4.79 Å². The van der Waals surface area contributed by atoms with Crippen LogP contribution in [-0.4, -0.2) is 12.5 Å². The third kappa shape index (κ3) is 2.12. The van der Waals surface area contributed by atoms with E-state index in [1.54, 1.807) is 0 Å². The van der Waals surface area contributed by atoms with Gasteiger partial charge >= 0.3 is 0 Å². The average molecular weight is 266 g/mol. The van der Waals surface area contributed by atoms with E-state index in [0.29, 0.717) is 6.54 Å². The van der Waals surface area contributed by atoms with Crippen molar-refractivity contribution >= 4 is 21.8 Å². The molecule has 3 heteroatoms. The second-order valence-corrected chi connectivity index (χ2v) is 4.81. The van der Waals surface area contributed by atoms with E-state index >= 15 is 0 Å². The highest BCUT2D eigenvalue weighted by molar-refractivity contribution is 9.11. The molecule has 1 N–H and O–H groups in total. The first-order valence-electron chi connectivity index (χ1n) is 4.87. The molecule has 0 aliphatic heterocycles. The standard InChI is InChI=1S/C12H12BrNO/c1-8(13)7-14-12(15)11-6-9-4-2-3-5-10(9)11/h2-5,11H,1,6-7H2,(H,14,15). The zero-order valence-corrected chi connectivity index (χ0v) is 9.88. The van der Waals surface area contributed by atoms with Gasteiger partial charge in [0.05, 0.1) is 5.92 Å². The molecule has 0 radical (unpaired) electrons. The van der Waals surface area contributed by atoms with Gasteiger partial charge in [0.1, 0.15) is 0 Å².